The van der Waals surface area contributed by atoms with Gasteiger partial charge in [-0.3, -0.25) is 14.4 Å². The third-order valence-electron chi connectivity index (χ3n) is 8.04. The summed E-state index contributed by atoms with van der Waals surface area (Å²) in [5.74, 6) is -3.07. The average molecular weight is 604 g/mol. The minimum absolute atomic E-state index is 0.0115. The molecular formula is C29H33F2N4O6S+. The molecule has 0 saturated carbocycles. The number of quaternary nitrogens is 1. The first-order valence-electron chi connectivity index (χ1n) is 13.5. The molecule has 2 aromatic carbocycles. The smallest absolute Gasteiger partial charge is 0.304 e. The number of nitrogens with zero attached hydrogens (tertiary/aromatic N) is 3. The fraction of sp³-hybridized carbons (Fsp3) is 0.448. The van der Waals surface area contributed by atoms with Crippen molar-refractivity contribution in [3.8, 4) is 11.5 Å². The first kappa shape index (κ1) is 29.6. The van der Waals surface area contributed by atoms with E-state index < -0.39 is 35.3 Å². The van der Waals surface area contributed by atoms with Crippen molar-refractivity contribution in [1.82, 2.24) is 15.2 Å². The minimum atomic E-state index is -1.37. The van der Waals surface area contributed by atoms with Gasteiger partial charge < -0.3 is 29.3 Å². The van der Waals surface area contributed by atoms with E-state index in [9.17, 15) is 28.3 Å². The van der Waals surface area contributed by atoms with Crippen LogP contribution in [-0.2, 0) is 33.8 Å². The van der Waals surface area contributed by atoms with Crippen molar-refractivity contribution in [2.75, 3.05) is 54.0 Å². The van der Waals surface area contributed by atoms with Gasteiger partial charge in [-0.05, 0) is 36.1 Å². The lowest BCUT2D eigenvalue weighted by Crippen LogP contribution is -2.56. The molecule has 0 bridgehead atoms. The maximum absolute atomic E-state index is 13.8. The summed E-state index contributed by atoms with van der Waals surface area (Å²) >= 11 is 1.32. The number of carboxylic acid groups (broad SMARTS) is 1. The molecule has 5 rings (SSSR count). The molecule has 2 amide bonds. The zero-order valence-corrected chi connectivity index (χ0v) is 24.5. The van der Waals surface area contributed by atoms with Gasteiger partial charge in [-0.1, -0.05) is 0 Å². The van der Waals surface area contributed by atoms with Crippen molar-refractivity contribution in [2.45, 2.75) is 25.8 Å². The normalized spacial score (nSPS) is 17.1. The van der Waals surface area contributed by atoms with E-state index >= 15 is 0 Å². The van der Waals surface area contributed by atoms with Gasteiger partial charge in [-0.15, -0.1) is 11.3 Å². The van der Waals surface area contributed by atoms with Crippen LogP contribution in [0.5, 0.6) is 11.5 Å². The van der Waals surface area contributed by atoms with E-state index in [2.05, 4.69) is 24.4 Å². The van der Waals surface area contributed by atoms with Crippen molar-refractivity contribution in [1.29, 1.82) is 0 Å². The fourth-order valence-electron chi connectivity index (χ4n) is 5.57. The summed E-state index contributed by atoms with van der Waals surface area (Å²) in [7, 11) is 5.78. The van der Waals surface area contributed by atoms with Crippen LogP contribution in [0.2, 0.25) is 0 Å². The number of carbonyl (C=O) groups is 3. The van der Waals surface area contributed by atoms with Crippen LogP contribution >= 0.6 is 11.3 Å². The molecule has 224 valence electrons. The number of benzene rings is 2. The average Bonchev–Trinajstić information content (AvgIpc) is 3.49. The molecule has 42 heavy (non-hydrogen) atoms. The van der Waals surface area contributed by atoms with E-state index in [-0.39, 0.29) is 31.9 Å². The Bertz CT molecular complexity index is 1520. The van der Waals surface area contributed by atoms with Crippen LogP contribution in [-0.4, -0.2) is 91.2 Å². The van der Waals surface area contributed by atoms with Crippen molar-refractivity contribution in [3.63, 3.8) is 0 Å². The van der Waals surface area contributed by atoms with E-state index in [4.69, 9.17) is 9.47 Å². The number of aliphatic carboxylic acids is 1. The molecular weight excluding hydrogens is 570 g/mol. The summed E-state index contributed by atoms with van der Waals surface area (Å²) in [4.78, 5) is 44.1. The number of thiazole rings is 1. The number of carbonyl (C=O) groups excluding carboxylic acids is 2. The van der Waals surface area contributed by atoms with Crippen LogP contribution in [0, 0.1) is 17.0 Å². The predicted molar refractivity (Wildman–Crippen MR) is 150 cm³/mol. The van der Waals surface area contributed by atoms with Crippen molar-refractivity contribution >= 4 is 39.3 Å². The first-order valence-corrected chi connectivity index (χ1v) is 14.4. The molecule has 3 aromatic rings. The molecule has 13 heteroatoms. The van der Waals surface area contributed by atoms with Gasteiger partial charge in [0.15, 0.2) is 29.7 Å². The number of halogens is 2. The fourth-order valence-corrected chi connectivity index (χ4v) is 6.48. The summed E-state index contributed by atoms with van der Waals surface area (Å²) in [6, 6.07) is 5.49. The molecule has 1 fully saturated rings. The van der Waals surface area contributed by atoms with Gasteiger partial charge >= 0.3 is 5.97 Å². The maximum Gasteiger partial charge on any atom is 0.304 e. The Morgan fingerprint density at radius 3 is 2.31 bits per heavy atom. The van der Waals surface area contributed by atoms with Gasteiger partial charge in [0, 0.05) is 12.1 Å². The van der Waals surface area contributed by atoms with Crippen LogP contribution in [0.15, 0.2) is 24.3 Å². The SMILES string of the molecule is COc1cc2sc(CNC(=O)C3(CC(=O)O)Cc4cc(F)c(F)cc4C3)nc2cc1OCC(=O)N1CC[N+](C)(C)CC1. The number of hydrogen-bond acceptors (Lipinski definition) is 7. The molecule has 0 atom stereocenters. The monoisotopic (exact) mass is 603 g/mol. The Labute approximate surface area is 245 Å². The van der Waals surface area contributed by atoms with E-state index in [0.717, 1.165) is 34.4 Å². The molecule has 1 saturated heterocycles. The highest BCUT2D eigenvalue weighted by Crippen LogP contribution is 2.41. The van der Waals surface area contributed by atoms with Gasteiger partial charge in [0.2, 0.25) is 5.91 Å². The molecule has 2 heterocycles. The van der Waals surface area contributed by atoms with Crippen LogP contribution in [0.25, 0.3) is 10.2 Å². The molecule has 1 aliphatic heterocycles. The van der Waals surface area contributed by atoms with E-state index in [0.29, 0.717) is 46.2 Å². The molecule has 10 nitrogen and oxygen atoms in total. The van der Waals surface area contributed by atoms with Crippen LogP contribution in [0.1, 0.15) is 22.6 Å². The molecule has 1 aromatic heterocycles. The number of methoxy groups -OCH3 is 1. The number of fused-ring (bicyclic) bond motifs is 2. The molecule has 1 aliphatic carbocycles. The summed E-state index contributed by atoms with van der Waals surface area (Å²) in [5, 5.41) is 12.9. The number of rotatable bonds is 9. The largest absolute Gasteiger partial charge is 0.493 e. The van der Waals surface area contributed by atoms with Crippen LogP contribution in [0.4, 0.5) is 8.78 Å². The molecule has 0 radical (unpaired) electrons. The second-order valence-electron chi connectivity index (χ2n) is 11.6. The number of amides is 2. The zero-order chi connectivity index (χ0) is 30.2. The standard InChI is InChI=1S/C29H32F2N4O6S/c1-35(2)6-4-34(5-7-35)26(36)16-41-23-10-21-24(11-22(23)40-3)42-25(33-21)15-32-28(39)29(14-27(37)38)12-17-8-19(30)20(31)9-18(17)13-29/h8-11H,4-7,12-16H2,1-3H3,(H-,32,37,38,39)/p+1. The Balaban J connectivity index is 1.26. The summed E-state index contributed by atoms with van der Waals surface area (Å²) < 4.78 is 40.6. The number of carboxylic acids is 1. The summed E-state index contributed by atoms with van der Waals surface area (Å²) in [6.07, 6.45) is -0.508. The zero-order valence-electron chi connectivity index (χ0n) is 23.7. The van der Waals surface area contributed by atoms with Gasteiger partial charge in [-0.25, -0.2) is 13.8 Å². The number of aromatic nitrogens is 1. The number of ether oxygens (including phenoxy) is 2. The second kappa shape index (κ2) is 11.4. The maximum atomic E-state index is 13.8. The molecule has 2 aliphatic rings. The lowest BCUT2D eigenvalue weighted by Gasteiger charge is -2.38. The molecule has 0 unspecified atom stereocenters. The number of hydrogen-bond donors (Lipinski definition) is 2. The number of nitrogens with one attached hydrogen (secondary N) is 1. The quantitative estimate of drug-likeness (QED) is 0.361. The topological polar surface area (TPSA) is 118 Å². The van der Waals surface area contributed by atoms with Gasteiger partial charge in [0.1, 0.15) is 5.01 Å². The lowest BCUT2D eigenvalue weighted by atomic mass is 9.80. The minimum Gasteiger partial charge on any atom is -0.493 e. The van der Waals surface area contributed by atoms with Crippen molar-refractivity contribution < 1.29 is 42.2 Å². The Hall–Kier alpha value is -3.84. The van der Waals surface area contributed by atoms with Gasteiger partial charge in [0.05, 0.1) is 76.0 Å². The van der Waals surface area contributed by atoms with E-state index in [1.807, 2.05) is 0 Å². The van der Waals surface area contributed by atoms with Gasteiger partial charge in [0.25, 0.3) is 5.91 Å². The van der Waals surface area contributed by atoms with E-state index in [1.165, 1.54) is 18.4 Å². The number of piperazine rings is 1. The highest BCUT2D eigenvalue weighted by atomic mass is 32.1. The first-order chi connectivity index (χ1) is 19.9. The number of likely N-dealkylation sites (N-methyl/N-ethyl adjacent to an activating group) is 1. The Morgan fingerprint density at radius 2 is 1.71 bits per heavy atom. The van der Waals surface area contributed by atoms with Crippen molar-refractivity contribution in [2.24, 2.45) is 5.41 Å². The third-order valence-corrected chi connectivity index (χ3v) is 9.06. The summed E-state index contributed by atoms with van der Waals surface area (Å²) in [6.45, 7) is 2.98. The van der Waals surface area contributed by atoms with Gasteiger partial charge in [-0.2, -0.15) is 0 Å². The third kappa shape index (κ3) is 6.16. The Kier molecular flexibility index (Phi) is 8.08. The van der Waals surface area contributed by atoms with E-state index in [1.54, 1.807) is 17.0 Å². The Morgan fingerprint density at radius 1 is 1.07 bits per heavy atom. The second-order valence-corrected chi connectivity index (χ2v) is 12.7. The lowest BCUT2D eigenvalue weighted by molar-refractivity contribution is -0.894. The van der Waals surface area contributed by atoms with Crippen LogP contribution < -0.4 is 14.8 Å². The summed E-state index contributed by atoms with van der Waals surface area (Å²) in [5.41, 5.74) is 0.0627. The van der Waals surface area contributed by atoms with Crippen molar-refractivity contribution in [3.05, 3.63) is 52.0 Å². The predicted octanol–water partition coefficient (Wildman–Crippen LogP) is 2.76. The van der Waals surface area contributed by atoms with Crippen LogP contribution in [0.3, 0.4) is 0 Å². The highest BCUT2D eigenvalue weighted by molar-refractivity contribution is 7.18. The molecule has 2 N–H and O–H groups in total. The highest BCUT2D eigenvalue weighted by Gasteiger charge is 2.46. The molecule has 0 spiro atoms.